The van der Waals surface area contributed by atoms with E-state index in [1.807, 2.05) is 0 Å². The fraction of sp³-hybridized carbons (Fsp3) is 0.455. The van der Waals surface area contributed by atoms with Crippen molar-refractivity contribution in [3.8, 4) is 6.07 Å². The van der Waals surface area contributed by atoms with Crippen LogP contribution in [0.2, 0.25) is 0 Å². The van der Waals surface area contributed by atoms with Gasteiger partial charge in [0.15, 0.2) is 0 Å². The number of hydrogen-bond acceptors (Lipinski definition) is 4. The first-order valence-electron chi connectivity index (χ1n) is 5.11. The lowest BCUT2D eigenvalue weighted by Gasteiger charge is -2.38. The second kappa shape index (κ2) is 3.87. The van der Waals surface area contributed by atoms with Gasteiger partial charge in [-0.15, -0.1) is 0 Å². The standard InChI is InChI=1S/C11H14N4/c12-7-9-3-1-6-14-10(9)15-8-11(13)4-2-5-11/h1,3,6H,2,4-5,8,13H2,(H,14,15). The molecule has 1 aromatic rings. The summed E-state index contributed by atoms with van der Waals surface area (Å²) in [4.78, 5) is 4.12. The molecule has 0 aliphatic heterocycles. The van der Waals surface area contributed by atoms with E-state index in [0.717, 1.165) is 12.8 Å². The van der Waals surface area contributed by atoms with E-state index in [1.54, 1.807) is 18.3 Å². The predicted molar refractivity (Wildman–Crippen MR) is 58.2 cm³/mol. The number of hydrogen-bond donors (Lipinski definition) is 2. The first kappa shape index (κ1) is 9.94. The van der Waals surface area contributed by atoms with Crippen molar-refractivity contribution in [3.63, 3.8) is 0 Å². The Labute approximate surface area is 89.1 Å². The van der Waals surface area contributed by atoms with Crippen LogP contribution in [-0.4, -0.2) is 17.1 Å². The number of nitriles is 1. The molecule has 1 saturated carbocycles. The van der Waals surface area contributed by atoms with Crippen LogP contribution in [-0.2, 0) is 0 Å². The molecule has 15 heavy (non-hydrogen) atoms. The van der Waals surface area contributed by atoms with Gasteiger partial charge in [-0.25, -0.2) is 4.98 Å². The van der Waals surface area contributed by atoms with E-state index >= 15 is 0 Å². The Kier molecular flexibility index (Phi) is 2.57. The van der Waals surface area contributed by atoms with E-state index < -0.39 is 0 Å². The summed E-state index contributed by atoms with van der Waals surface area (Å²) < 4.78 is 0. The molecule has 0 unspecified atom stereocenters. The van der Waals surface area contributed by atoms with Gasteiger partial charge in [0.1, 0.15) is 11.9 Å². The van der Waals surface area contributed by atoms with E-state index in [4.69, 9.17) is 11.0 Å². The number of nitrogens with one attached hydrogen (secondary N) is 1. The fourth-order valence-electron chi connectivity index (χ4n) is 1.70. The molecule has 4 nitrogen and oxygen atoms in total. The number of rotatable bonds is 3. The van der Waals surface area contributed by atoms with Crippen LogP contribution in [0.15, 0.2) is 18.3 Å². The molecule has 0 amide bonds. The van der Waals surface area contributed by atoms with Gasteiger partial charge in [-0.05, 0) is 31.4 Å². The van der Waals surface area contributed by atoms with Gasteiger partial charge in [-0.1, -0.05) is 0 Å². The molecule has 78 valence electrons. The number of aromatic nitrogens is 1. The van der Waals surface area contributed by atoms with Crippen LogP contribution >= 0.6 is 0 Å². The topological polar surface area (TPSA) is 74.7 Å². The van der Waals surface area contributed by atoms with Crippen LogP contribution < -0.4 is 11.1 Å². The Hall–Kier alpha value is -1.60. The average Bonchev–Trinajstić information content (AvgIpc) is 2.24. The minimum Gasteiger partial charge on any atom is -0.367 e. The second-order valence-corrected chi connectivity index (χ2v) is 4.08. The molecule has 0 bridgehead atoms. The minimum atomic E-state index is -0.0930. The van der Waals surface area contributed by atoms with Crippen molar-refractivity contribution in [2.45, 2.75) is 24.8 Å². The van der Waals surface area contributed by atoms with Crippen molar-refractivity contribution in [2.24, 2.45) is 5.73 Å². The maximum absolute atomic E-state index is 8.86. The van der Waals surface area contributed by atoms with Crippen LogP contribution in [0.4, 0.5) is 5.82 Å². The van der Waals surface area contributed by atoms with Gasteiger partial charge >= 0.3 is 0 Å². The summed E-state index contributed by atoms with van der Waals surface area (Å²) in [5, 5.41) is 12.0. The summed E-state index contributed by atoms with van der Waals surface area (Å²) in [6.07, 6.45) is 4.97. The normalized spacial score (nSPS) is 17.6. The maximum Gasteiger partial charge on any atom is 0.143 e. The number of anilines is 1. The van der Waals surface area contributed by atoms with Crippen molar-refractivity contribution in [3.05, 3.63) is 23.9 Å². The van der Waals surface area contributed by atoms with Crippen molar-refractivity contribution in [1.82, 2.24) is 4.98 Å². The van der Waals surface area contributed by atoms with E-state index in [-0.39, 0.29) is 5.54 Å². The zero-order chi connectivity index (χ0) is 10.7. The van der Waals surface area contributed by atoms with E-state index in [9.17, 15) is 0 Å². The van der Waals surface area contributed by atoms with Gasteiger partial charge in [0.2, 0.25) is 0 Å². The smallest absolute Gasteiger partial charge is 0.143 e. The predicted octanol–water partition coefficient (Wildman–Crippen LogP) is 1.25. The van der Waals surface area contributed by atoms with Crippen LogP contribution in [0.5, 0.6) is 0 Å². The molecule has 0 radical (unpaired) electrons. The summed E-state index contributed by atoms with van der Waals surface area (Å²) in [6.45, 7) is 0.693. The highest BCUT2D eigenvalue weighted by atomic mass is 15.0. The molecule has 0 aromatic carbocycles. The summed E-state index contributed by atoms with van der Waals surface area (Å²) >= 11 is 0. The van der Waals surface area contributed by atoms with Crippen molar-refractivity contribution < 1.29 is 0 Å². The molecule has 0 saturated heterocycles. The Balaban J connectivity index is 2.02. The molecule has 0 spiro atoms. The molecule has 3 N–H and O–H groups in total. The van der Waals surface area contributed by atoms with Gasteiger partial charge in [-0.2, -0.15) is 5.26 Å². The minimum absolute atomic E-state index is 0.0930. The van der Waals surface area contributed by atoms with Crippen molar-refractivity contribution in [1.29, 1.82) is 5.26 Å². The molecule has 4 heteroatoms. The zero-order valence-corrected chi connectivity index (χ0v) is 8.53. The van der Waals surface area contributed by atoms with Crippen LogP contribution in [0, 0.1) is 11.3 Å². The second-order valence-electron chi connectivity index (χ2n) is 4.08. The molecular weight excluding hydrogens is 188 g/mol. The third-order valence-electron chi connectivity index (χ3n) is 2.89. The van der Waals surface area contributed by atoms with Gasteiger partial charge in [0.25, 0.3) is 0 Å². The van der Waals surface area contributed by atoms with Gasteiger partial charge < -0.3 is 11.1 Å². The molecule has 1 fully saturated rings. The Morgan fingerprint density at radius 1 is 1.60 bits per heavy atom. The lowest BCUT2D eigenvalue weighted by Crippen LogP contribution is -2.52. The Morgan fingerprint density at radius 2 is 2.40 bits per heavy atom. The first-order valence-corrected chi connectivity index (χ1v) is 5.11. The third-order valence-corrected chi connectivity index (χ3v) is 2.89. The number of nitrogens with two attached hydrogens (primary N) is 1. The van der Waals surface area contributed by atoms with E-state index in [1.165, 1.54) is 6.42 Å². The summed E-state index contributed by atoms with van der Waals surface area (Å²) in [5.74, 6) is 0.636. The highest BCUT2D eigenvalue weighted by Crippen LogP contribution is 2.29. The fourth-order valence-corrected chi connectivity index (χ4v) is 1.70. The number of pyridine rings is 1. The Morgan fingerprint density at radius 3 is 3.00 bits per heavy atom. The molecule has 1 aliphatic rings. The average molecular weight is 202 g/mol. The molecule has 1 aliphatic carbocycles. The van der Waals surface area contributed by atoms with Crippen molar-refractivity contribution in [2.75, 3.05) is 11.9 Å². The first-order chi connectivity index (χ1) is 7.23. The summed E-state index contributed by atoms with van der Waals surface area (Å²) in [6, 6.07) is 5.61. The van der Waals surface area contributed by atoms with Gasteiger partial charge in [-0.3, -0.25) is 0 Å². The maximum atomic E-state index is 8.86. The van der Waals surface area contributed by atoms with Gasteiger partial charge in [0.05, 0.1) is 5.56 Å². The zero-order valence-electron chi connectivity index (χ0n) is 8.53. The van der Waals surface area contributed by atoms with Crippen LogP contribution in [0.1, 0.15) is 24.8 Å². The Bertz CT molecular complexity index is 390. The lowest BCUT2D eigenvalue weighted by molar-refractivity contribution is 0.265. The SMILES string of the molecule is N#Cc1cccnc1NCC1(N)CCC1. The van der Waals surface area contributed by atoms with Crippen molar-refractivity contribution >= 4 is 5.82 Å². The van der Waals surface area contributed by atoms with Gasteiger partial charge in [0, 0.05) is 18.3 Å². The highest BCUT2D eigenvalue weighted by Gasteiger charge is 2.32. The molecule has 2 rings (SSSR count). The molecule has 0 atom stereocenters. The largest absolute Gasteiger partial charge is 0.367 e. The number of nitrogens with zero attached hydrogens (tertiary/aromatic N) is 2. The quantitative estimate of drug-likeness (QED) is 0.773. The monoisotopic (exact) mass is 202 g/mol. The highest BCUT2D eigenvalue weighted by molar-refractivity contribution is 5.51. The molecular formula is C11H14N4. The summed E-state index contributed by atoms with van der Waals surface area (Å²) in [7, 11) is 0. The van der Waals surface area contributed by atoms with Crippen LogP contribution in [0.3, 0.4) is 0 Å². The van der Waals surface area contributed by atoms with E-state index in [2.05, 4.69) is 16.4 Å². The summed E-state index contributed by atoms with van der Waals surface area (Å²) in [5.41, 5.74) is 6.55. The van der Waals surface area contributed by atoms with E-state index in [0.29, 0.717) is 17.9 Å². The third kappa shape index (κ3) is 2.08. The van der Waals surface area contributed by atoms with Crippen LogP contribution in [0.25, 0.3) is 0 Å². The lowest BCUT2D eigenvalue weighted by atomic mass is 9.78. The molecule has 1 heterocycles. The molecule has 1 aromatic heterocycles.